The molecule has 3 heterocycles. The van der Waals surface area contributed by atoms with Gasteiger partial charge in [0.25, 0.3) is 0 Å². The lowest BCUT2D eigenvalue weighted by molar-refractivity contribution is -0.146. The number of carboxylic acid groups (broad SMARTS) is 1. The number of carboxylic acids is 1. The Kier molecular flexibility index (Phi) is 2.97. The summed E-state index contributed by atoms with van der Waals surface area (Å²) in [6.07, 6.45) is 6.17. The average molecular weight is 286 g/mol. The van der Waals surface area contributed by atoms with Crippen molar-refractivity contribution in [3.63, 3.8) is 0 Å². The van der Waals surface area contributed by atoms with Gasteiger partial charge in [0.15, 0.2) is 5.54 Å². The predicted octanol–water partition coefficient (Wildman–Crippen LogP) is 2.12. The maximum absolute atomic E-state index is 11.3. The van der Waals surface area contributed by atoms with Crippen LogP contribution in [0.5, 0.6) is 0 Å². The van der Waals surface area contributed by atoms with Crippen LogP contribution in [-0.4, -0.2) is 31.9 Å². The van der Waals surface area contributed by atoms with E-state index >= 15 is 0 Å². The predicted molar refractivity (Wildman–Crippen MR) is 79.2 cm³/mol. The van der Waals surface area contributed by atoms with Crippen molar-refractivity contribution >= 4 is 11.8 Å². The maximum atomic E-state index is 11.3. The normalized spacial score (nSPS) is 17.4. The van der Waals surface area contributed by atoms with E-state index in [4.69, 9.17) is 0 Å². The van der Waals surface area contributed by atoms with Crippen LogP contribution in [0.25, 0.3) is 11.1 Å². The number of hydrogen-bond donors (Lipinski definition) is 2. The maximum Gasteiger partial charge on any atom is 0.331 e. The summed E-state index contributed by atoms with van der Waals surface area (Å²) in [5.41, 5.74) is 2.07. The first kappa shape index (κ1) is 13.6. The molecule has 0 aliphatic carbocycles. The molecule has 2 aromatic rings. The van der Waals surface area contributed by atoms with Gasteiger partial charge in [0.1, 0.15) is 5.82 Å². The number of aliphatic carboxylic acids is 1. The summed E-state index contributed by atoms with van der Waals surface area (Å²) in [4.78, 5) is 15.7. The van der Waals surface area contributed by atoms with E-state index in [9.17, 15) is 9.90 Å². The molecule has 2 N–H and O–H groups in total. The lowest BCUT2D eigenvalue weighted by atomic mass is 10.0. The Morgan fingerprint density at radius 1 is 1.52 bits per heavy atom. The van der Waals surface area contributed by atoms with Crippen molar-refractivity contribution in [3.05, 3.63) is 30.2 Å². The number of hydrogen-bond acceptors (Lipinski definition) is 4. The van der Waals surface area contributed by atoms with Crippen molar-refractivity contribution in [2.24, 2.45) is 0 Å². The van der Waals surface area contributed by atoms with Crippen LogP contribution in [0.4, 0.5) is 5.82 Å². The lowest BCUT2D eigenvalue weighted by Crippen LogP contribution is -2.35. The Morgan fingerprint density at radius 2 is 2.29 bits per heavy atom. The Hall–Kier alpha value is -2.37. The average Bonchev–Trinajstić information content (AvgIpc) is 3.02. The number of anilines is 1. The largest absolute Gasteiger partial charge is 0.479 e. The Morgan fingerprint density at radius 3 is 3.00 bits per heavy atom. The summed E-state index contributed by atoms with van der Waals surface area (Å²) in [5.74, 6) is -0.00218. The fourth-order valence-corrected chi connectivity index (χ4v) is 2.55. The van der Waals surface area contributed by atoms with Gasteiger partial charge >= 0.3 is 5.97 Å². The van der Waals surface area contributed by atoms with Gasteiger partial charge in [-0.1, -0.05) is 0 Å². The van der Waals surface area contributed by atoms with Crippen LogP contribution in [-0.2, 0) is 16.8 Å². The zero-order valence-corrected chi connectivity index (χ0v) is 12.3. The van der Waals surface area contributed by atoms with Crippen LogP contribution in [0.1, 0.15) is 26.3 Å². The van der Waals surface area contributed by atoms with E-state index in [-0.39, 0.29) is 0 Å². The summed E-state index contributed by atoms with van der Waals surface area (Å²) in [6, 6.07) is 2.31. The second-order valence-electron chi connectivity index (χ2n) is 5.97. The summed E-state index contributed by atoms with van der Waals surface area (Å²) in [7, 11) is 0. The monoisotopic (exact) mass is 286 g/mol. The molecule has 1 unspecified atom stereocenters. The number of nitrogens with one attached hydrogen (secondary N) is 1. The number of carbonyl (C=O) groups is 1. The number of rotatable bonds is 3. The standard InChI is InChI=1S/C15H18N4O2/c1-9-6-12-11(4-5-16-13(12)18-9)10-7-17-19(8-10)15(2,3)14(20)21/h4-5,7-9H,6H2,1-3H3,(H,16,18)(H,20,21). The molecule has 0 amide bonds. The molecule has 2 aromatic heterocycles. The van der Waals surface area contributed by atoms with Crippen molar-refractivity contribution in [3.8, 4) is 11.1 Å². The minimum atomic E-state index is -1.07. The highest BCUT2D eigenvalue weighted by Gasteiger charge is 2.31. The van der Waals surface area contributed by atoms with Gasteiger partial charge in [0, 0.05) is 29.6 Å². The highest BCUT2D eigenvalue weighted by Crippen LogP contribution is 2.33. The van der Waals surface area contributed by atoms with Gasteiger partial charge in [-0.15, -0.1) is 0 Å². The molecule has 0 radical (unpaired) electrons. The van der Waals surface area contributed by atoms with Crippen molar-refractivity contribution < 1.29 is 9.90 Å². The van der Waals surface area contributed by atoms with Crippen LogP contribution in [0.2, 0.25) is 0 Å². The molecular weight excluding hydrogens is 268 g/mol. The second-order valence-corrected chi connectivity index (χ2v) is 5.97. The van der Waals surface area contributed by atoms with Gasteiger partial charge in [-0.25, -0.2) is 9.78 Å². The number of nitrogens with zero attached hydrogens (tertiary/aromatic N) is 3. The molecule has 0 fully saturated rings. The van der Waals surface area contributed by atoms with Crippen LogP contribution < -0.4 is 5.32 Å². The molecule has 6 nitrogen and oxygen atoms in total. The molecule has 1 aliphatic heterocycles. The molecule has 1 aliphatic rings. The molecule has 0 bridgehead atoms. The summed E-state index contributed by atoms with van der Waals surface area (Å²) < 4.78 is 1.49. The minimum Gasteiger partial charge on any atom is -0.479 e. The first-order valence-corrected chi connectivity index (χ1v) is 6.93. The van der Waals surface area contributed by atoms with Crippen LogP contribution in [0.3, 0.4) is 0 Å². The summed E-state index contributed by atoms with van der Waals surface area (Å²) in [5, 5.41) is 16.8. The number of fused-ring (bicyclic) bond motifs is 1. The molecule has 0 aromatic carbocycles. The smallest absolute Gasteiger partial charge is 0.331 e. The third-order valence-electron chi connectivity index (χ3n) is 3.94. The van der Waals surface area contributed by atoms with Gasteiger partial charge in [-0.2, -0.15) is 5.10 Å². The zero-order chi connectivity index (χ0) is 15.2. The van der Waals surface area contributed by atoms with E-state index in [1.807, 2.05) is 6.07 Å². The van der Waals surface area contributed by atoms with Crippen molar-refractivity contribution in [1.82, 2.24) is 14.8 Å². The fraction of sp³-hybridized carbons (Fsp3) is 0.400. The quantitative estimate of drug-likeness (QED) is 0.903. The molecule has 0 saturated carbocycles. The van der Waals surface area contributed by atoms with Crippen molar-refractivity contribution in [2.45, 2.75) is 38.8 Å². The molecule has 6 heteroatoms. The molecule has 1 atom stereocenters. The SMILES string of the molecule is CC1Cc2c(-c3cnn(C(C)(C)C(=O)O)c3)ccnc2N1. The highest BCUT2D eigenvalue weighted by atomic mass is 16.4. The van der Waals surface area contributed by atoms with E-state index < -0.39 is 11.5 Å². The molecule has 0 saturated heterocycles. The Labute approximate surface area is 122 Å². The third kappa shape index (κ3) is 2.16. The molecule has 3 rings (SSSR count). The number of pyridine rings is 1. The summed E-state index contributed by atoms with van der Waals surface area (Å²) in [6.45, 7) is 5.38. The van der Waals surface area contributed by atoms with Gasteiger partial charge in [0.05, 0.1) is 6.20 Å². The van der Waals surface area contributed by atoms with Crippen molar-refractivity contribution in [2.75, 3.05) is 5.32 Å². The van der Waals surface area contributed by atoms with Crippen LogP contribution in [0, 0.1) is 0 Å². The van der Waals surface area contributed by atoms with Gasteiger partial charge in [0.2, 0.25) is 0 Å². The Balaban J connectivity index is 2.03. The van der Waals surface area contributed by atoms with Gasteiger partial charge < -0.3 is 10.4 Å². The van der Waals surface area contributed by atoms with Gasteiger partial charge in [-0.05, 0) is 38.8 Å². The zero-order valence-electron chi connectivity index (χ0n) is 12.3. The molecule has 110 valence electrons. The van der Waals surface area contributed by atoms with Crippen LogP contribution >= 0.6 is 0 Å². The Bertz CT molecular complexity index is 705. The van der Waals surface area contributed by atoms with Crippen molar-refractivity contribution in [1.29, 1.82) is 0 Å². The molecular formula is C15H18N4O2. The van der Waals surface area contributed by atoms with E-state index in [1.54, 1.807) is 32.4 Å². The summed E-state index contributed by atoms with van der Waals surface area (Å²) >= 11 is 0. The topological polar surface area (TPSA) is 80.0 Å². The van der Waals surface area contributed by atoms with Crippen LogP contribution in [0.15, 0.2) is 24.7 Å². The van der Waals surface area contributed by atoms with E-state index in [0.29, 0.717) is 6.04 Å². The third-order valence-corrected chi connectivity index (χ3v) is 3.94. The minimum absolute atomic E-state index is 0.360. The van der Waals surface area contributed by atoms with E-state index in [2.05, 4.69) is 22.3 Å². The van der Waals surface area contributed by atoms with E-state index in [0.717, 1.165) is 28.9 Å². The molecule has 0 spiro atoms. The number of aromatic nitrogens is 3. The lowest BCUT2D eigenvalue weighted by Gasteiger charge is -2.19. The second kappa shape index (κ2) is 4.58. The fourth-order valence-electron chi connectivity index (χ4n) is 2.55. The van der Waals surface area contributed by atoms with Gasteiger partial charge in [-0.3, -0.25) is 4.68 Å². The van der Waals surface area contributed by atoms with E-state index in [1.165, 1.54) is 4.68 Å². The first-order chi connectivity index (χ1) is 9.89. The highest BCUT2D eigenvalue weighted by molar-refractivity contribution is 5.77. The molecule has 21 heavy (non-hydrogen) atoms. The first-order valence-electron chi connectivity index (χ1n) is 6.93.